The standard InChI is InChI=1S/C9H10N2O2/c12-9(13)6-1-3-10-5-7(6)8-2-4-11-8/h1,3,5,8,11H,2,4H2,(H,12,13). The van der Waals surface area contributed by atoms with Crippen LogP contribution in [0.1, 0.15) is 28.4 Å². The highest BCUT2D eigenvalue weighted by atomic mass is 16.4. The number of rotatable bonds is 2. The summed E-state index contributed by atoms with van der Waals surface area (Å²) in [7, 11) is 0. The van der Waals surface area contributed by atoms with Gasteiger partial charge < -0.3 is 10.4 Å². The Kier molecular flexibility index (Phi) is 1.98. The Labute approximate surface area is 75.6 Å². The van der Waals surface area contributed by atoms with Gasteiger partial charge in [0.15, 0.2) is 0 Å². The van der Waals surface area contributed by atoms with E-state index in [9.17, 15) is 4.79 Å². The number of carboxylic acid groups (broad SMARTS) is 1. The number of aromatic nitrogens is 1. The highest BCUT2D eigenvalue weighted by Crippen LogP contribution is 2.24. The molecule has 0 amide bonds. The fourth-order valence-electron chi connectivity index (χ4n) is 1.43. The summed E-state index contributed by atoms with van der Waals surface area (Å²) in [5.41, 5.74) is 1.15. The molecule has 1 atom stereocenters. The highest BCUT2D eigenvalue weighted by Gasteiger charge is 2.23. The van der Waals surface area contributed by atoms with Gasteiger partial charge in [-0.1, -0.05) is 0 Å². The molecule has 1 aliphatic rings. The Morgan fingerprint density at radius 2 is 2.46 bits per heavy atom. The van der Waals surface area contributed by atoms with Crippen molar-refractivity contribution in [2.75, 3.05) is 6.54 Å². The van der Waals surface area contributed by atoms with Gasteiger partial charge in [0.25, 0.3) is 0 Å². The van der Waals surface area contributed by atoms with E-state index >= 15 is 0 Å². The van der Waals surface area contributed by atoms with Crippen LogP contribution < -0.4 is 5.32 Å². The molecule has 13 heavy (non-hydrogen) atoms. The first-order valence-electron chi connectivity index (χ1n) is 4.19. The lowest BCUT2D eigenvalue weighted by Crippen LogP contribution is -2.36. The molecule has 0 radical (unpaired) electrons. The van der Waals surface area contributed by atoms with E-state index in [1.807, 2.05) is 0 Å². The molecule has 2 N–H and O–H groups in total. The number of hydrogen-bond acceptors (Lipinski definition) is 3. The molecule has 1 aliphatic heterocycles. The molecule has 2 heterocycles. The predicted octanol–water partition coefficient (Wildman–Crippen LogP) is 0.814. The van der Waals surface area contributed by atoms with Gasteiger partial charge in [-0.15, -0.1) is 0 Å². The van der Waals surface area contributed by atoms with E-state index in [4.69, 9.17) is 5.11 Å². The highest BCUT2D eigenvalue weighted by molar-refractivity contribution is 5.89. The van der Waals surface area contributed by atoms with Gasteiger partial charge in [-0.2, -0.15) is 0 Å². The molecule has 4 heteroatoms. The average Bonchev–Trinajstić information content (AvgIpc) is 2.02. The first-order valence-corrected chi connectivity index (χ1v) is 4.19. The van der Waals surface area contributed by atoms with Gasteiger partial charge in [-0.05, 0) is 19.0 Å². The van der Waals surface area contributed by atoms with Crippen molar-refractivity contribution in [3.05, 3.63) is 29.6 Å². The number of carboxylic acids is 1. The van der Waals surface area contributed by atoms with Crippen LogP contribution in [0.3, 0.4) is 0 Å². The summed E-state index contributed by atoms with van der Waals surface area (Å²) in [5, 5.41) is 12.0. The molecule has 1 fully saturated rings. The van der Waals surface area contributed by atoms with E-state index in [0.29, 0.717) is 5.56 Å². The van der Waals surface area contributed by atoms with Gasteiger partial charge in [0, 0.05) is 24.0 Å². The number of nitrogens with one attached hydrogen (secondary N) is 1. The molecule has 0 saturated carbocycles. The molecule has 0 aromatic carbocycles. The van der Waals surface area contributed by atoms with Crippen molar-refractivity contribution in [3.63, 3.8) is 0 Å². The molecule has 0 spiro atoms. The van der Waals surface area contributed by atoms with Crippen molar-refractivity contribution in [1.29, 1.82) is 0 Å². The van der Waals surface area contributed by atoms with Crippen LogP contribution >= 0.6 is 0 Å². The second-order valence-electron chi connectivity index (χ2n) is 3.06. The first-order chi connectivity index (χ1) is 6.29. The van der Waals surface area contributed by atoms with E-state index in [1.165, 1.54) is 12.3 Å². The van der Waals surface area contributed by atoms with E-state index in [-0.39, 0.29) is 6.04 Å². The summed E-state index contributed by atoms with van der Waals surface area (Å²) >= 11 is 0. The Balaban J connectivity index is 2.36. The second-order valence-corrected chi connectivity index (χ2v) is 3.06. The van der Waals surface area contributed by atoms with E-state index < -0.39 is 5.97 Å². The SMILES string of the molecule is O=C(O)c1ccncc1C1CCN1. The van der Waals surface area contributed by atoms with Crippen molar-refractivity contribution < 1.29 is 9.90 Å². The average molecular weight is 178 g/mol. The minimum absolute atomic E-state index is 0.180. The molecule has 1 saturated heterocycles. The smallest absolute Gasteiger partial charge is 0.336 e. The second kappa shape index (κ2) is 3.14. The lowest BCUT2D eigenvalue weighted by molar-refractivity contribution is 0.0694. The molecule has 1 aromatic heterocycles. The minimum Gasteiger partial charge on any atom is -0.478 e. The van der Waals surface area contributed by atoms with Crippen LogP contribution in [-0.2, 0) is 0 Å². The van der Waals surface area contributed by atoms with Crippen LogP contribution in [0, 0.1) is 0 Å². The first kappa shape index (κ1) is 8.19. The van der Waals surface area contributed by atoms with Crippen molar-refractivity contribution in [2.24, 2.45) is 0 Å². The van der Waals surface area contributed by atoms with E-state index in [1.54, 1.807) is 6.20 Å². The quantitative estimate of drug-likeness (QED) is 0.703. The topological polar surface area (TPSA) is 62.2 Å². The molecule has 0 aliphatic carbocycles. The van der Waals surface area contributed by atoms with Crippen LogP contribution in [0.4, 0.5) is 0 Å². The van der Waals surface area contributed by atoms with Gasteiger partial charge >= 0.3 is 5.97 Å². The summed E-state index contributed by atoms with van der Waals surface area (Å²) < 4.78 is 0. The van der Waals surface area contributed by atoms with E-state index in [0.717, 1.165) is 18.5 Å². The maximum atomic E-state index is 10.8. The number of nitrogens with zero attached hydrogens (tertiary/aromatic N) is 1. The van der Waals surface area contributed by atoms with E-state index in [2.05, 4.69) is 10.3 Å². The largest absolute Gasteiger partial charge is 0.478 e. The van der Waals surface area contributed by atoms with Crippen LogP contribution in [0.2, 0.25) is 0 Å². The Bertz CT molecular complexity index is 334. The zero-order chi connectivity index (χ0) is 9.26. The summed E-state index contributed by atoms with van der Waals surface area (Å²) in [6, 6.07) is 1.72. The zero-order valence-electron chi connectivity index (χ0n) is 7.03. The predicted molar refractivity (Wildman–Crippen MR) is 46.6 cm³/mol. The van der Waals surface area contributed by atoms with Crippen LogP contribution in [0.15, 0.2) is 18.5 Å². The van der Waals surface area contributed by atoms with Crippen LogP contribution in [-0.4, -0.2) is 22.6 Å². The maximum Gasteiger partial charge on any atom is 0.336 e. The number of hydrogen-bond donors (Lipinski definition) is 2. The fourth-order valence-corrected chi connectivity index (χ4v) is 1.43. The molecule has 1 unspecified atom stereocenters. The number of carbonyl (C=O) groups is 1. The molecule has 0 bridgehead atoms. The molecular formula is C9H10N2O2. The monoisotopic (exact) mass is 178 g/mol. The van der Waals surface area contributed by atoms with Crippen molar-refractivity contribution in [3.8, 4) is 0 Å². The van der Waals surface area contributed by atoms with Gasteiger partial charge in [0.2, 0.25) is 0 Å². The maximum absolute atomic E-state index is 10.8. The van der Waals surface area contributed by atoms with Gasteiger partial charge in [-0.3, -0.25) is 4.98 Å². The van der Waals surface area contributed by atoms with Crippen molar-refractivity contribution in [2.45, 2.75) is 12.5 Å². The van der Waals surface area contributed by atoms with Gasteiger partial charge in [0.05, 0.1) is 5.56 Å². The Morgan fingerprint density at radius 1 is 1.69 bits per heavy atom. The van der Waals surface area contributed by atoms with Crippen molar-refractivity contribution in [1.82, 2.24) is 10.3 Å². The third-order valence-corrected chi connectivity index (χ3v) is 2.28. The lowest BCUT2D eigenvalue weighted by atomic mass is 9.95. The normalized spacial score (nSPS) is 20.8. The summed E-state index contributed by atoms with van der Waals surface area (Å²) in [4.78, 5) is 14.7. The minimum atomic E-state index is -0.883. The molecule has 4 nitrogen and oxygen atoms in total. The number of pyridine rings is 1. The fraction of sp³-hybridized carbons (Fsp3) is 0.333. The van der Waals surface area contributed by atoms with Crippen LogP contribution in [0.5, 0.6) is 0 Å². The zero-order valence-corrected chi connectivity index (χ0v) is 7.03. The van der Waals surface area contributed by atoms with Crippen LogP contribution in [0.25, 0.3) is 0 Å². The molecule has 2 rings (SSSR count). The van der Waals surface area contributed by atoms with Gasteiger partial charge in [0.1, 0.15) is 0 Å². The lowest BCUT2D eigenvalue weighted by Gasteiger charge is -2.28. The molecule has 68 valence electrons. The molecular weight excluding hydrogens is 168 g/mol. The van der Waals surface area contributed by atoms with Crippen molar-refractivity contribution >= 4 is 5.97 Å². The Hall–Kier alpha value is -1.42. The summed E-state index contributed by atoms with van der Waals surface area (Å²) in [6.45, 7) is 0.957. The Morgan fingerprint density at radius 3 is 3.00 bits per heavy atom. The third kappa shape index (κ3) is 1.40. The summed E-state index contributed by atoms with van der Waals surface area (Å²) in [5.74, 6) is -0.883. The number of aromatic carboxylic acids is 1. The molecule has 1 aromatic rings. The third-order valence-electron chi connectivity index (χ3n) is 2.28. The van der Waals surface area contributed by atoms with Gasteiger partial charge in [-0.25, -0.2) is 4.79 Å². The summed E-state index contributed by atoms with van der Waals surface area (Å²) in [6.07, 6.45) is 4.12.